The Balaban J connectivity index is 1.57. The largest absolute Gasteiger partial charge is 0.456 e. The minimum absolute atomic E-state index is 0.868. The minimum atomic E-state index is 0.868. The molecule has 0 saturated heterocycles. The molecule has 2 heteroatoms. The van der Waals surface area contributed by atoms with E-state index < -0.39 is 0 Å². The molecule has 0 saturated carbocycles. The normalized spacial score (nSPS) is 11.4. The highest BCUT2D eigenvalue weighted by Gasteiger charge is 2.22. The lowest BCUT2D eigenvalue weighted by molar-refractivity contribution is 0.488. The molecule has 5 aromatic carbocycles. The molecule has 1 aliphatic rings. The average molecular weight is 412 g/mol. The SMILES string of the molecule is c1ccc(N(c2ccccc2)c2ccc3c(c2)-c2ccccc2-c2ccccc2O3)cc1. The van der Waals surface area contributed by atoms with Crippen LogP contribution in [0.4, 0.5) is 17.1 Å². The van der Waals surface area contributed by atoms with Crippen LogP contribution in [0.3, 0.4) is 0 Å². The van der Waals surface area contributed by atoms with Crippen molar-refractivity contribution in [3.8, 4) is 33.8 Å². The van der Waals surface area contributed by atoms with Crippen molar-refractivity contribution < 1.29 is 4.74 Å². The van der Waals surface area contributed by atoms with Gasteiger partial charge in [0.05, 0.1) is 0 Å². The fraction of sp³-hybridized carbons (Fsp3) is 0. The molecule has 0 spiro atoms. The van der Waals surface area contributed by atoms with Gasteiger partial charge in [-0.05, 0) is 59.7 Å². The Labute approximate surface area is 188 Å². The van der Waals surface area contributed by atoms with Crippen molar-refractivity contribution in [2.75, 3.05) is 4.90 Å². The van der Waals surface area contributed by atoms with Crippen LogP contribution in [0.2, 0.25) is 0 Å². The van der Waals surface area contributed by atoms with Crippen molar-refractivity contribution in [2.24, 2.45) is 0 Å². The smallest absolute Gasteiger partial charge is 0.135 e. The summed E-state index contributed by atoms with van der Waals surface area (Å²) in [7, 11) is 0. The Bertz CT molecular complexity index is 1350. The summed E-state index contributed by atoms with van der Waals surface area (Å²) in [4.78, 5) is 2.28. The van der Waals surface area contributed by atoms with E-state index in [0.29, 0.717) is 0 Å². The van der Waals surface area contributed by atoms with E-state index >= 15 is 0 Å². The molecule has 1 aliphatic heterocycles. The molecular weight excluding hydrogens is 390 g/mol. The summed E-state index contributed by atoms with van der Waals surface area (Å²) in [6.07, 6.45) is 0. The van der Waals surface area contributed by atoms with Gasteiger partial charge >= 0.3 is 0 Å². The fourth-order valence-electron chi connectivity index (χ4n) is 4.41. The number of fused-ring (bicyclic) bond motifs is 5. The van der Waals surface area contributed by atoms with Crippen molar-refractivity contribution in [3.63, 3.8) is 0 Å². The van der Waals surface area contributed by atoms with Gasteiger partial charge in [0.2, 0.25) is 0 Å². The van der Waals surface area contributed by atoms with Crippen LogP contribution in [-0.2, 0) is 0 Å². The zero-order chi connectivity index (χ0) is 21.3. The quantitative estimate of drug-likeness (QED) is 0.289. The number of benzene rings is 5. The molecule has 0 amide bonds. The van der Waals surface area contributed by atoms with Crippen LogP contribution in [0, 0.1) is 0 Å². The van der Waals surface area contributed by atoms with Crippen LogP contribution in [0.1, 0.15) is 0 Å². The molecule has 0 fully saturated rings. The van der Waals surface area contributed by atoms with Crippen LogP contribution in [-0.4, -0.2) is 0 Å². The molecule has 2 nitrogen and oxygen atoms in total. The van der Waals surface area contributed by atoms with Gasteiger partial charge in [-0.3, -0.25) is 0 Å². The van der Waals surface area contributed by atoms with Crippen molar-refractivity contribution >= 4 is 17.1 Å². The second-order valence-corrected chi connectivity index (χ2v) is 7.83. The first-order chi connectivity index (χ1) is 15.9. The van der Waals surface area contributed by atoms with Crippen molar-refractivity contribution in [3.05, 3.63) is 127 Å². The van der Waals surface area contributed by atoms with Gasteiger partial charge in [0.15, 0.2) is 0 Å². The lowest BCUT2D eigenvalue weighted by Crippen LogP contribution is -2.09. The van der Waals surface area contributed by atoms with Gasteiger partial charge in [0, 0.05) is 28.2 Å². The molecule has 1 heterocycles. The molecular formula is C30H21NO. The zero-order valence-corrected chi connectivity index (χ0v) is 17.5. The van der Waals surface area contributed by atoms with E-state index in [1.54, 1.807) is 0 Å². The monoisotopic (exact) mass is 411 g/mol. The van der Waals surface area contributed by atoms with Crippen molar-refractivity contribution in [2.45, 2.75) is 0 Å². The summed E-state index contributed by atoms with van der Waals surface area (Å²) in [5.74, 6) is 1.75. The number of para-hydroxylation sites is 3. The van der Waals surface area contributed by atoms with Gasteiger partial charge in [-0.1, -0.05) is 78.9 Å². The Morgan fingerprint density at radius 1 is 0.375 bits per heavy atom. The second kappa shape index (κ2) is 7.75. The Hall–Kier alpha value is -4.30. The van der Waals surface area contributed by atoms with Crippen LogP contribution < -0.4 is 9.64 Å². The summed E-state index contributed by atoms with van der Waals surface area (Å²) in [6.45, 7) is 0. The molecule has 6 rings (SSSR count). The first-order valence-corrected chi connectivity index (χ1v) is 10.8. The molecule has 152 valence electrons. The van der Waals surface area contributed by atoms with Crippen LogP contribution in [0.25, 0.3) is 22.3 Å². The lowest BCUT2D eigenvalue weighted by atomic mass is 9.94. The standard InChI is InChI=1S/C30H21NO/c1-3-11-22(12-4-1)31(23-13-5-2-6-14-23)24-19-20-30-28(21-24)26-16-8-7-15-25(26)27-17-9-10-18-29(27)32-30/h1-21H. The number of hydrogen-bond donors (Lipinski definition) is 0. The number of hydrogen-bond acceptors (Lipinski definition) is 2. The molecule has 5 aromatic rings. The molecule has 0 atom stereocenters. The predicted molar refractivity (Wildman–Crippen MR) is 132 cm³/mol. The summed E-state index contributed by atoms with van der Waals surface area (Å²) < 4.78 is 6.41. The maximum atomic E-state index is 6.41. The topological polar surface area (TPSA) is 12.5 Å². The number of rotatable bonds is 3. The summed E-state index contributed by atoms with van der Waals surface area (Å²) in [5, 5.41) is 0. The second-order valence-electron chi connectivity index (χ2n) is 7.83. The predicted octanol–water partition coefficient (Wildman–Crippen LogP) is 8.60. The van der Waals surface area contributed by atoms with E-state index in [9.17, 15) is 0 Å². The van der Waals surface area contributed by atoms with E-state index in [4.69, 9.17) is 4.74 Å². The number of ether oxygens (including phenoxy) is 1. The average Bonchev–Trinajstić information content (AvgIpc) is 3.00. The molecule has 0 N–H and O–H groups in total. The maximum absolute atomic E-state index is 6.41. The first-order valence-electron chi connectivity index (χ1n) is 10.8. The number of nitrogens with zero attached hydrogens (tertiary/aromatic N) is 1. The van der Waals surface area contributed by atoms with Gasteiger partial charge in [-0.15, -0.1) is 0 Å². The highest BCUT2D eigenvalue weighted by molar-refractivity contribution is 5.92. The van der Waals surface area contributed by atoms with Crippen LogP contribution in [0.5, 0.6) is 11.5 Å². The Kier molecular flexibility index (Phi) is 4.47. The van der Waals surface area contributed by atoms with Crippen LogP contribution >= 0.6 is 0 Å². The van der Waals surface area contributed by atoms with E-state index in [-0.39, 0.29) is 0 Å². The third-order valence-electron chi connectivity index (χ3n) is 5.86. The lowest BCUT2D eigenvalue weighted by Gasteiger charge is -2.26. The van der Waals surface area contributed by atoms with E-state index in [1.165, 1.54) is 11.1 Å². The molecule has 0 aromatic heterocycles. The summed E-state index contributed by atoms with van der Waals surface area (Å²) in [5.41, 5.74) is 7.88. The Morgan fingerprint density at radius 2 is 0.875 bits per heavy atom. The highest BCUT2D eigenvalue weighted by Crippen LogP contribution is 2.48. The van der Waals surface area contributed by atoms with Gasteiger partial charge in [-0.25, -0.2) is 0 Å². The minimum Gasteiger partial charge on any atom is -0.456 e. The fourth-order valence-corrected chi connectivity index (χ4v) is 4.41. The van der Waals surface area contributed by atoms with Crippen LogP contribution in [0.15, 0.2) is 127 Å². The van der Waals surface area contributed by atoms with E-state index in [0.717, 1.165) is 39.7 Å². The van der Waals surface area contributed by atoms with Gasteiger partial charge in [0.1, 0.15) is 11.5 Å². The molecule has 0 bridgehead atoms. The molecule has 0 unspecified atom stereocenters. The summed E-state index contributed by atoms with van der Waals surface area (Å²) in [6, 6.07) is 44.2. The molecule has 0 radical (unpaired) electrons. The van der Waals surface area contributed by atoms with E-state index in [2.05, 4.69) is 108 Å². The van der Waals surface area contributed by atoms with Gasteiger partial charge in [0.25, 0.3) is 0 Å². The van der Waals surface area contributed by atoms with Gasteiger partial charge in [-0.2, -0.15) is 0 Å². The highest BCUT2D eigenvalue weighted by atomic mass is 16.5. The van der Waals surface area contributed by atoms with Crippen molar-refractivity contribution in [1.82, 2.24) is 0 Å². The van der Waals surface area contributed by atoms with E-state index in [1.807, 2.05) is 24.3 Å². The first kappa shape index (κ1) is 18.5. The zero-order valence-electron chi connectivity index (χ0n) is 17.5. The maximum Gasteiger partial charge on any atom is 0.135 e. The van der Waals surface area contributed by atoms with Gasteiger partial charge < -0.3 is 9.64 Å². The third-order valence-corrected chi connectivity index (χ3v) is 5.86. The van der Waals surface area contributed by atoms with Crippen molar-refractivity contribution in [1.29, 1.82) is 0 Å². The molecule has 32 heavy (non-hydrogen) atoms. The third kappa shape index (κ3) is 3.14. The number of anilines is 3. The molecule has 0 aliphatic carbocycles. The summed E-state index contributed by atoms with van der Waals surface area (Å²) >= 11 is 0. The Morgan fingerprint density at radius 3 is 1.53 bits per heavy atom.